The minimum atomic E-state index is -0.620. The molecule has 0 spiro atoms. The molecule has 0 saturated heterocycles. The molecule has 2 N–H and O–H groups in total. The van der Waals surface area contributed by atoms with Crippen LogP contribution in [-0.4, -0.2) is 23.7 Å². The van der Waals surface area contributed by atoms with Gasteiger partial charge in [0, 0.05) is 4.88 Å². The highest BCUT2D eigenvalue weighted by molar-refractivity contribution is 7.16. The van der Waals surface area contributed by atoms with Gasteiger partial charge in [-0.1, -0.05) is 11.6 Å². The van der Waals surface area contributed by atoms with E-state index in [0.29, 0.717) is 9.90 Å². The van der Waals surface area contributed by atoms with Gasteiger partial charge in [0.2, 0.25) is 0 Å². The van der Waals surface area contributed by atoms with Crippen LogP contribution in [0.4, 0.5) is 0 Å². The largest absolute Gasteiger partial charge is 0.391 e. The van der Waals surface area contributed by atoms with Crippen LogP contribution in [0.25, 0.3) is 0 Å². The fourth-order valence-corrected chi connectivity index (χ4v) is 2.15. The second kappa shape index (κ2) is 5.46. The summed E-state index contributed by atoms with van der Waals surface area (Å²) >= 11 is 7.17. The number of nitrogens with one attached hydrogen (secondary N) is 1. The molecule has 0 fully saturated rings. The van der Waals surface area contributed by atoms with Crippen LogP contribution in [0.1, 0.15) is 22.2 Å². The lowest BCUT2D eigenvalue weighted by molar-refractivity contribution is -0.00684. The number of hydrogen-bond acceptors (Lipinski definition) is 4. The van der Waals surface area contributed by atoms with Crippen molar-refractivity contribution in [3.05, 3.63) is 20.8 Å². The van der Waals surface area contributed by atoms with Gasteiger partial charge in [-0.25, -0.2) is 5.48 Å². The standard InChI is InChI=1S/C9H12ClNO3S/c1-5(12)4-14-11-9(13)7-3-6(2)15-8(7)10/h3,5,12H,4H2,1-2H3,(H,11,13)/t5-/m1/s1. The number of thiophene rings is 1. The first-order valence-electron chi connectivity index (χ1n) is 4.37. The zero-order valence-corrected chi connectivity index (χ0v) is 9.98. The van der Waals surface area contributed by atoms with E-state index in [9.17, 15) is 4.79 Å². The highest BCUT2D eigenvalue weighted by atomic mass is 35.5. The van der Waals surface area contributed by atoms with Crippen molar-refractivity contribution in [1.29, 1.82) is 0 Å². The van der Waals surface area contributed by atoms with Crippen LogP contribution < -0.4 is 5.48 Å². The number of aliphatic hydroxyl groups excluding tert-OH is 1. The average molecular weight is 250 g/mol. The fourth-order valence-electron chi connectivity index (χ4n) is 0.923. The zero-order valence-electron chi connectivity index (χ0n) is 8.41. The van der Waals surface area contributed by atoms with Gasteiger partial charge >= 0.3 is 0 Å². The third-order valence-electron chi connectivity index (χ3n) is 1.54. The number of amides is 1. The molecule has 1 atom stereocenters. The van der Waals surface area contributed by atoms with E-state index in [1.165, 1.54) is 11.3 Å². The molecule has 0 radical (unpaired) electrons. The van der Waals surface area contributed by atoms with E-state index in [0.717, 1.165) is 4.88 Å². The summed E-state index contributed by atoms with van der Waals surface area (Å²) in [6, 6.07) is 1.69. The number of carbonyl (C=O) groups is 1. The SMILES string of the molecule is Cc1cc(C(=O)NOC[C@@H](C)O)c(Cl)s1. The van der Waals surface area contributed by atoms with Gasteiger partial charge in [-0.3, -0.25) is 9.63 Å². The third kappa shape index (κ3) is 3.79. The second-order valence-electron chi connectivity index (χ2n) is 3.14. The van der Waals surface area contributed by atoms with Crippen LogP contribution in [0, 0.1) is 6.92 Å². The Kier molecular flexibility index (Phi) is 4.53. The van der Waals surface area contributed by atoms with Crippen LogP contribution in [0.2, 0.25) is 4.34 Å². The van der Waals surface area contributed by atoms with Gasteiger partial charge in [0.15, 0.2) is 0 Å². The van der Waals surface area contributed by atoms with Crippen molar-refractivity contribution in [2.24, 2.45) is 0 Å². The lowest BCUT2D eigenvalue weighted by Crippen LogP contribution is -2.27. The first-order valence-corrected chi connectivity index (χ1v) is 5.56. The molecule has 0 aliphatic rings. The predicted octanol–water partition coefficient (Wildman–Crippen LogP) is 1.75. The molecule has 1 aromatic rings. The minimum Gasteiger partial charge on any atom is -0.391 e. The fraction of sp³-hybridized carbons (Fsp3) is 0.444. The van der Waals surface area contributed by atoms with Crippen molar-refractivity contribution >= 4 is 28.8 Å². The van der Waals surface area contributed by atoms with Gasteiger partial charge in [-0.15, -0.1) is 11.3 Å². The number of hydrogen-bond donors (Lipinski definition) is 2. The van der Waals surface area contributed by atoms with Gasteiger partial charge in [0.25, 0.3) is 5.91 Å². The molecule has 1 aromatic heterocycles. The van der Waals surface area contributed by atoms with E-state index in [1.54, 1.807) is 13.0 Å². The molecule has 0 bridgehead atoms. The van der Waals surface area contributed by atoms with Crippen LogP contribution in [-0.2, 0) is 4.84 Å². The Morgan fingerprint density at radius 2 is 2.47 bits per heavy atom. The number of hydroxylamine groups is 1. The molecule has 6 heteroatoms. The molecule has 0 unspecified atom stereocenters. The van der Waals surface area contributed by atoms with Crippen molar-refractivity contribution in [3.63, 3.8) is 0 Å². The highest BCUT2D eigenvalue weighted by Gasteiger charge is 2.13. The second-order valence-corrected chi connectivity index (χ2v) is 4.99. The highest BCUT2D eigenvalue weighted by Crippen LogP contribution is 2.26. The average Bonchev–Trinajstić information content (AvgIpc) is 2.44. The van der Waals surface area contributed by atoms with Gasteiger partial charge in [-0.05, 0) is 19.9 Å². The van der Waals surface area contributed by atoms with E-state index in [4.69, 9.17) is 21.5 Å². The van der Waals surface area contributed by atoms with E-state index >= 15 is 0 Å². The molecule has 1 amide bonds. The molecule has 0 aliphatic heterocycles. The maximum absolute atomic E-state index is 11.5. The molecule has 0 saturated carbocycles. The normalized spacial score (nSPS) is 12.5. The number of aliphatic hydroxyl groups is 1. The van der Waals surface area contributed by atoms with E-state index in [-0.39, 0.29) is 6.61 Å². The topological polar surface area (TPSA) is 58.6 Å². The van der Waals surface area contributed by atoms with Crippen molar-refractivity contribution in [1.82, 2.24) is 5.48 Å². The van der Waals surface area contributed by atoms with E-state index in [2.05, 4.69) is 5.48 Å². The van der Waals surface area contributed by atoms with Crippen LogP contribution in [0.15, 0.2) is 6.07 Å². The smallest absolute Gasteiger partial charge is 0.277 e. The molecule has 0 aliphatic carbocycles. The maximum Gasteiger partial charge on any atom is 0.277 e. The van der Waals surface area contributed by atoms with Crippen molar-refractivity contribution in [2.45, 2.75) is 20.0 Å². The minimum absolute atomic E-state index is 0.0481. The molecular weight excluding hydrogens is 238 g/mol. The number of carbonyl (C=O) groups excluding carboxylic acids is 1. The summed E-state index contributed by atoms with van der Waals surface area (Å²) in [5, 5.41) is 8.89. The first kappa shape index (κ1) is 12.4. The number of aryl methyl sites for hydroxylation is 1. The molecule has 1 rings (SSSR count). The number of halogens is 1. The summed E-state index contributed by atoms with van der Waals surface area (Å²) < 4.78 is 0.436. The Hall–Kier alpha value is -0.620. The Morgan fingerprint density at radius 3 is 2.93 bits per heavy atom. The summed E-state index contributed by atoms with van der Waals surface area (Å²) in [5.74, 6) is -0.398. The molecule has 84 valence electrons. The van der Waals surface area contributed by atoms with Gasteiger partial charge in [-0.2, -0.15) is 0 Å². The first-order chi connectivity index (χ1) is 7.00. The van der Waals surface area contributed by atoms with E-state index < -0.39 is 12.0 Å². The van der Waals surface area contributed by atoms with Gasteiger partial charge in [0.1, 0.15) is 10.9 Å². The van der Waals surface area contributed by atoms with Crippen molar-refractivity contribution in [2.75, 3.05) is 6.61 Å². The van der Waals surface area contributed by atoms with Gasteiger partial charge < -0.3 is 5.11 Å². The lowest BCUT2D eigenvalue weighted by Gasteiger charge is -2.06. The summed E-state index contributed by atoms with van der Waals surface area (Å²) in [7, 11) is 0. The lowest BCUT2D eigenvalue weighted by atomic mass is 10.3. The van der Waals surface area contributed by atoms with Crippen molar-refractivity contribution < 1.29 is 14.7 Å². The molecule has 1 heterocycles. The van der Waals surface area contributed by atoms with Crippen LogP contribution >= 0.6 is 22.9 Å². The van der Waals surface area contributed by atoms with Crippen molar-refractivity contribution in [3.8, 4) is 0 Å². The molecular formula is C9H12ClNO3S. The van der Waals surface area contributed by atoms with E-state index in [1.807, 2.05) is 6.92 Å². The van der Waals surface area contributed by atoms with Crippen LogP contribution in [0.3, 0.4) is 0 Å². The zero-order chi connectivity index (χ0) is 11.4. The van der Waals surface area contributed by atoms with Crippen LogP contribution in [0.5, 0.6) is 0 Å². The molecule has 0 aromatic carbocycles. The summed E-state index contributed by atoms with van der Waals surface area (Å²) in [4.78, 5) is 17.2. The Labute approximate surface area is 96.8 Å². The van der Waals surface area contributed by atoms with Gasteiger partial charge in [0.05, 0.1) is 11.7 Å². The quantitative estimate of drug-likeness (QED) is 0.800. The summed E-state index contributed by atoms with van der Waals surface area (Å²) in [5.41, 5.74) is 2.60. The Balaban J connectivity index is 2.50. The number of rotatable bonds is 4. The third-order valence-corrected chi connectivity index (χ3v) is 2.82. The monoisotopic (exact) mass is 249 g/mol. The molecule has 15 heavy (non-hydrogen) atoms. The predicted molar refractivity (Wildman–Crippen MR) is 59.2 cm³/mol. The summed E-state index contributed by atoms with van der Waals surface area (Å²) in [6.45, 7) is 3.48. The summed E-state index contributed by atoms with van der Waals surface area (Å²) in [6.07, 6.45) is -0.620. The molecule has 4 nitrogen and oxygen atoms in total. The maximum atomic E-state index is 11.5. The Morgan fingerprint density at radius 1 is 1.80 bits per heavy atom. The Bertz CT molecular complexity index is 351.